The normalized spacial score (nSPS) is 16.9. The Morgan fingerprint density at radius 3 is 2.62 bits per heavy atom. The van der Waals surface area contributed by atoms with Crippen molar-refractivity contribution in [2.45, 2.75) is 0 Å². The fraction of sp³-hybridized carbons (Fsp3) is 0.364. The number of aromatic nitrogens is 2. The van der Waals surface area contributed by atoms with Gasteiger partial charge in [-0.1, -0.05) is 0 Å². The number of benzene rings is 1. The summed E-state index contributed by atoms with van der Waals surface area (Å²) in [5, 5.41) is 3.32. The molecule has 2 aromatic rings. The highest BCUT2D eigenvalue weighted by Gasteiger charge is 2.11. The molecule has 0 unspecified atom stereocenters. The Morgan fingerprint density at radius 2 is 1.81 bits per heavy atom. The molecule has 1 fully saturated rings. The van der Waals surface area contributed by atoms with Crippen LogP contribution in [0.2, 0.25) is 0 Å². The summed E-state index contributed by atoms with van der Waals surface area (Å²) in [4.78, 5) is 19.0. The van der Waals surface area contributed by atoms with Crippen molar-refractivity contribution < 1.29 is 0 Å². The number of H-pyrrole nitrogens is 2. The number of hydrogen-bond acceptors (Lipinski definition) is 3. The van der Waals surface area contributed by atoms with Crippen LogP contribution in [0.5, 0.6) is 0 Å². The maximum Gasteiger partial charge on any atom is 0.323 e. The minimum absolute atomic E-state index is 0.146. The molecule has 1 aromatic carbocycles. The highest BCUT2D eigenvalue weighted by atomic mass is 16.1. The number of hydrogen-bond donors (Lipinski definition) is 3. The summed E-state index contributed by atoms with van der Waals surface area (Å²) in [5.74, 6) is 0. The lowest BCUT2D eigenvalue weighted by atomic mass is 10.2. The summed E-state index contributed by atoms with van der Waals surface area (Å²) < 4.78 is 0. The van der Waals surface area contributed by atoms with Gasteiger partial charge in [0.2, 0.25) is 0 Å². The summed E-state index contributed by atoms with van der Waals surface area (Å²) in [5.41, 5.74) is 2.77. The van der Waals surface area contributed by atoms with Crippen molar-refractivity contribution in [3.05, 3.63) is 28.7 Å². The number of rotatable bonds is 1. The van der Waals surface area contributed by atoms with E-state index in [9.17, 15) is 4.79 Å². The van der Waals surface area contributed by atoms with Crippen LogP contribution in [-0.4, -0.2) is 36.1 Å². The first-order valence-corrected chi connectivity index (χ1v) is 5.51. The lowest BCUT2D eigenvalue weighted by Gasteiger charge is -2.29. The molecular formula is C11H14N4O. The largest absolute Gasteiger partial charge is 0.369 e. The van der Waals surface area contributed by atoms with Crippen LogP contribution < -0.4 is 15.9 Å². The van der Waals surface area contributed by atoms with E-state index >= 15 is 0 Å². The second kappa shape index (κ2) is 3.68. The highest BCUT2D eigenvalue weighted by Crippen LogP contribution is 2.19. The van der Waals surface area contributed by atoms with Crippen LogP contribution in [0.15, 0.2) is 23.0 Å². The van der Waals surface area contributed by atoms with Gasteiger partial charge in [-0.3, -0.25) is 0 Å². The van der Waals surface area contributed by atoms with Crippen LogP contribution >= 0.6 is 0 Å². The summed E-state index contributed by atoms with van der Waals surface area (Å²) in [6.45, 7) is 4.06. The van der Waals surface area contributed by atoms with Crippen LogP contribution in [0.1, 0.15) is 0 Å². The number of fused-ring (bicyclic) bond motifs is 1. The first-order chi connectivity index (χ1) is 7.83. The Balaban J connectivity index is 2.00. The second-order valence-corrected chi connectivity index (χ2v) is 4.05. The van der Waals surface area contributed by atoms with Crippen molar-refractivity contribution in [1.29, 1.82) is 0 Å². The molecule has 1 aliphatic heterocycles. The molecule has 1 saturated heterocycles. The van der Waals surface area contributed by atoms with Gasteiger partial charge < -0.3 is 20.2 Å². The van der Waals surface area contributed by atoms with Crippen LogP contribution in [-0.2, 0) is 0 Å². The number of piperazine rings is 1. The minimum Gasteiger partial charge on any atom is -0.369 e. The molecule has 0 aliphatic carbocycles. The zero-order valence-electron chi connectivity index (χ0n) is 8.92. The van der Waals surface area contributed by atoms with Crippen LogP contribution in [0.3, 0.4) is 0 Å². The first kappa shape index (κ1) is 9.47. The Labute approximate surface area is 92.5 Å². The van der Waals surface area contributed by atoms with E-state index in [0.717, 1.165) is 37.2 Å². The van der Waals surface area contributed by atoms with Crippen molar-refractivity contribution in [3.8, 4) is 0 Å². The van der Waals surface area contributed by atoms with Gasteiger partial charge in [0.25, 0.3) is 0 Å². The molecule has 3 N–H and O–H groups in total. The predicted molar refractivity (Wildman–Crippen MR) is 64.0 cm³/mol. The standard InChI is InChI=1S/C11H14N4O/c16-11-13-9-2-1-8(7-10(9)14-11)15-5-3-12-4-6-15/h1-2,7,12H,3-6H2,(H2,13,14,16). The maximum atomic E-state index is 11.1. The van der Waals surface area contributed by atoms with Gasteiger partial charge in [-0.25, -0.2) is 4.79 Å². The smallest absolute Gasteiger partial charge is 0.323 e. The Kier molecular flexibility index (Phi) is 2.18. The quantitative estimate of drug-likeness (QED) is 0.643. The van der Waals surface area contributed by atoms with E-state index in [1.807, 2.05) is 12.1 Å². The van der Waals surface area contributed by atoms with E-state index in [4.69, 9.17) is 0 Å². The van der Waals surface area contributed by atoms with Crippen LogP contribution in [0.25, 0.3) is 11.0 Å². The van der Waals surface area contributed by atoms with Crippen LogP contribution in [0.4, 0.5) is 5.69 Å². The summed E-state index contributed by atoms with van der Waals surface area (Å²) in [6.07, 6.45) is 0. The Morgan fingerprint density at radius 1 is 1.06 bits per heavy atom. The van der Waals surface area contributed by atoms with E-state index < -0.39 is 0 Å². The molecule has 0 radical (unpaired) electrons. The van der Waals surface area contributed by atoms with Gasteiger partial charge in [0.05, 0.1) is 11.0 Å². The SMILES string of the molecule is O=c1[nH]c2ccc(N3CCNCC3)cc2[nH]1. The molecule has 16 heavy (non-hydrogen) atoms. The minimum atomic E-state index is -0.146. The predicted octanol–water partition coefficient (Wildman–Crippen LogP) is 0.266. The average Bonchev–Trinajstić information content (AvgIpc) is 2.69. The zero-order chi connectivity index (χ0) is 11.0. The molecule has 1 aromatic heterocycles. The lowest BCUT2D eigenvalue weighted by molar-refractivity contribution is 0.589. The third-order valence-electron chi connectivity index (χ3n) is 2.98. The van der Waals surface area contributed by atoms with Crippen molar-refractivity contribution in [2.24, 2.45) is 0 Å². The Bertz CT molecular complexity index is 550. The molecule has 5 nitrogen and oxygen atoms in total. The third-order valence-corrected chi connectivity index (χ3v) is 2.98. The maximum absolute atomic E-state index is 11.1. The van der Waals surface area contributed by atoms with Crippen LogP contribution in [0, 0.1) is 0 Å². The summed E-state index contributed by atoms with van der Waals surface area (Å²) in [7, 11) is 0. The number of nitrogens with zero attached hydrogens (tertiary/aromatic N) is 1. The fourth-order valence-electron chi connectivity index (χ4n) is 2.14. The number of anilines is 1. The molecular weight excluding hydrogens is 204 g/mol. The molecule has 2 heterocycles. The second-order valence-electron chi connectivity index (χ2n) is 4.05. The molecule has 0 spiro atoms. The van der Waals surface area contributed by atoms with Crippen molar-refractivity contribution in [3.63, 3.8) is 0 Å². The zero-order valence-corrected chi connectivity index (χ0v) is 8.92. The molecule has 0 amide bonds. The highest BCUT2D eigenvalue weighted by molar-refractivity contribution is 5.79. The molecule has 0 bridgehead atoms. The molecule has 0 saturated carbocycles. The van der Waals surface area contributed by atoms with E-state index in [0.29, 0.717) is 0 Å². The number of nitrogens with one attached hydrogen (secondary N) is 3. The molecule has 0 atom stereocenters. The molecule has 5 heteroatoms. The number of imidazole rings is 1. The summed E-state index contributed by atoms with van der Waals surface area (Å²) >= 11 is 0. The van der Waals surface area contributed by atoms with Crippen molar-refractivity contribution >= 4 is 16.7 Å². The van der Waals surface area contributed by atoms with E-state index in [2.05, 4.69) is 26.3 Å². The third kappa shape index (κ3) is 1.59. The van der Waals surface area contributed by atoms with E-state index in [-0.39, 0.29) is 5.69 Å². The molecule has 3 rings (SSSR count). The number of aromatic amines is 2. The fourth-order valence-corrected chi connectivity index (χ4v) is 2.14. The van der Waals surface area contributed by atoms with Gasteiger partial charge in [0.1, 0.15) is 0 Å². The topological polar surface area (TPSA) is 63.9 Å². The van der Waals surface area contributed by atoms with Gasteiger partial charge in [-0.15, -0.1) is 0 Å². The summed E-state index contributed by atoms with van der Waals surface area (Å²) in [6, 6.07) is 6.03. The molecule has 84 valence electrons. The van der Waals surface area contributed by atoms with E-state index in [1.54, 1.807) is 0 Å². The lowest BCUT2D eigenvalue weighted by Crippen LogP contribution is -2.43. The van der Waals surface area contributed by atoms with Gasteiger partial charge in [-0.05, 0) is 18.2 Å². The molecule has 1 aliphatic rings. The monoisotopic (exact) mass is 218 g/mol. The average molecular weight is 218 g/mol. The van der Waals surface area contributed by atoms with Gasteiger partial charge in [0, 0.05) is 31.9 Å². The van der Waals surface area contributed by atoms with Gasteiger partial charge in [-0.2, -0.15) is 0 Å². The van der Waals surface area contributed by atoms with E-state index in [1.165, 1.54) is 5.69 Å². The van der Waals surface area contributed by atoms with Gasteiger partial charge in [0.15, 0.2) is 0 Å². The first-order valence-electron chi connectivity index (χ1n) is 5.51. The van der Waals surface area contributed by atoms with Crippen molar-refractivity contribution in [1.82, 2.24) is 15.3 Å². The Hall–Kier alpha value is -1.75. The van der Waals surface area contributed by atoms with Gasteiger partial charge >= 0.3 is 5.69 Å². The van der Waals surface area contributed by atoms with Crippen molar-refractivity contribution in [2.75, 3.05) is 31.1 Å².